The van der Waals surface area contributed by atoms with Gasteiger partial charge in [0.1, 0.15) is 0 Å². The van der Waals surface area contributed by atoms with E-state index in [1.54, 1.807) is 11.8 Å². The van der Waals surface area contributed by atoms with E-state index in [1.807, 2.05) is 4.90 Å². The number of hydrogen-bond donors (Lipinski definition) is 2. The third-order valence-electron chi connectivity index (χ3n) is 2.87. The number of thioether (sulfide) groups is 1. The number of nitrogens with zero attached hydrogens (tertiary/aromatic N) is 1. The SMILES string of the molecule is O=C(C1CSCN1)N1CCC(CO)C1. The van der Waals surface area contributed by atoms with Gasteiger partial charge in [0.2, 0.25) is 5.91 Å². The molecule has 2 heterocycles. The van der Waals surface area contributed by atoms with Crippen LogP contribution in [0.5, 0.6) is 0 Å². The summed E-state index contributed by atoms with van der Waals surface area (Å²) in [6.45, 7) is 1.75. The minimum Gasteiger partial charge on any atom is -0.396 e. The highest BCUT2D eigenvalue weighted by Gasteiger charge is 2.31. The molecule has 0 radical (unpaired) electrons. The van der Waals surface area contributed by atoms with Crippen LogP contribution in [-0.2, 0) is 4.79 Å². The van der Waals surface area contributed by atoms with Crippen molar-refractivity contribution >= 4 is 17.7 Å². The highest BCUT2D eigenvalue weighted by Crippen LogP contribution is 2.19. The third kappa shape index (κ3) is 2.04. The van der Waals surface area contributed by atoms with Gasteiger partial charge in [0, 0.05) is 37.2 Å². The average molecular weight is 216 g/mol. The molecule has 80 valence electrons. The highest BCUT2D eigenvalue weighted by molar-refractivity contribution is 7.99. The second-order valence-corrected chi connectivity index (χ2v) is 4.92. The van der Waals surface area contributed by atoms with Gasteiger partial charge in [0.15, 0.2) is 0 Å². The summed E-state index contributed by atoms with van der Waals surface area (Å²) >= 11 is 1.77. The normalized spacial score (nSPS) is 32.5. The molecular formula is C9H16N2O2S. The van der Waals surface area contributed by atoms with E-state index in [2.05, 4.69) is 5.32 Å². The van der Waals surface area contributed by atoms with E-state index < -0.39 is 0 Å². The summed E-state index contributed by atoms with van der Waals surface area (Å²) in [5.41, 5.74) is 0. The summed E-state index contributed by atoms with van der Waals surface area (Å²) in [6.07, 6.45) is 0.947. The number of aliphatic hydroxyl groups excluding tert-OH is 1. The minimum atomic E-state index is 0.0115. The maximum Gasteiger partial charge on any atom is 0.240 e. The van der Waals surface area contributed by atoms with Crippen molar-refractivity contribution in [3.05, 3.63) is 0 Å². The Morgan fingerprint density at radius 3 is 3.07 bits per heavy atom. The van der Waals surface area contributed by atoms with Crippen LogP contribution in [0.15, 0.2) is 0 Å². The second kappa shape index (κ2) is 4.51. The molecule has 2 N–H and O–H groups in total. The Labute approximate surface area is 88.0 Å². The fraction of sp³-hybridized carbons (Fsp3) is 0.889. The van der Waals surface area contributed by atoms with Crippen LogP contribution in [0, 0.1) is 5.92 Å². The maximum atomic E-state index is 11.9. The zero-order valence-corrected chi connectivity index (χ0v) is 8.92. The molecule has 14 heavy (non-hydrogen) atoms. The van der Waals surface area contributed by atoms with Crippen molar-refractivity contribution in [1.82, 2.24) is 10.2 Å². The number of nitrogens with one attached hydrogen (secondary N) is 1. The first-order chi connectivity index (χ1) is 6.81. The molecular weight excluding hydrogens is 200 g/mol. The van der Waals surface area contributed by atoms with Crippen molar-refractivity contribution in [1.29, 1.82) is 0 Å². The first-order valence-electron chi connectivity index (χ1n) is 5.02. The molecule has 2 atom stereocenters. The number of rotatable bonds is 2. The van der Waals surface area contributed by atoms with E-state index in [0.717, 1.165) is 31.1 Å². The van der Waals surface area contributed by atoms with Crippen molar-refractivity contribution in [2.24, 2.45) is 5.92 Å². The van der Waals surface area contributed by atoms with Gasteiger partial charge >= 0.3 is 0 Å². The Balaban J connectivity index is 1.86. The van der Waals surface area contributed by atoms with Gasteiger partial charge in [-0.2, -0.15) is 0 Å². The van der Waals surface area contributed by atoms with Crippen molar-refractivity contribution < 1.29 is 9.90 Å². The first kappa shape index (κ1) is 10.3. The van der Waals surface area contributed by atoms with Crippen molar-refractivity contribution in [3.8, 4) is 0 Å². The Kier molecular flexibility index (Phi) is 3.30. The number of hydrogen-bond acceptors (Lipinski definition) is 4. The van der Waals surface area contributed by atoms with E-state index in [4.69, 9.17) is 5.11 Å². The monoisotopic (exact) mass is 216 g/mol. The molecule has 2 rings (SSSR count). The lowest BCUT2D eigenvalue weighted by atomic mass is 10.1. The number of carbonyl (C=O) groups excluding carboxylic acids is 1. The molecule has 2 aliphatic rings. The Bertz CT molecular complexity index is 219. The standard InChI is InChI=1S/C9H16N2O2S/c12-4-7-1-2-11(3-7)9(13)8-5-14-6-10-8/h7-8,10,12H,1-6H2. The van der Waals surface area contributed by atoms with Crippen LogP contribution in [0.2, 0.25) is 0 Å². The molecule has 2 aliphatic heterocycles. The van der Waals surface area contributed by atoms with Crippen molar-refractivity contribution in [2.75, 3.05) is 31.3 Å². The van der Waals surface area contributed by atoms with Gasteiger partial charge in [0.05, 0.1) is 6.04 Å². The smallest absolute Gasteiger partial charge is 0.240 e. The topological polar surface area (TPSA) is 52.6 Å². The fourth-order valence-corrected chi connectivity index (χ4v) is 2.89. The molecule has 0 aromatic carbocycles. The molecule has 2 unspecified atom stereocenters. The molecule has 0 saturated carbocycles. The van der Waals surface area contributed by atoms with Crippen LogP contribution in [0.1, 0.15) is 6.42 Å². The van der Waals surface area contributed by atoms with Gasteiger partial charge in [-0.1, -0.05) is 0 Å². The van der Waals surface area contributed by atoms with E-state index in [1.165, 1.54) is 0 Å². The predicted molar refractivity (Wildman–Crippen MR) is 56.0 cm³/mol. The average Bonchev–Trinajstić information content (AvgIpc) is 2.88. The zero-order chi connectivity index (χ0) is 9.97. The molecule has 0 aromatic rings. The van der Waals surface area contributed by atoms with Crippen molar-refractivity contribution in [2.45, 2.75) is 12.5 Å². The second-order valence-electron chi connectivity index (χ2n) is 3.89. The molecule has 4 nitrogen and oxygen atoms in total. The molecule has 0 spiro atoms. The first-order valence-corrected chi connectivity index (χ1v) is 6.17. The van der Waals surface area contributed by atoms with E-state index in [-0.39, 0.29) is 18.6 Å². The van der Waals surface area contributed by atoms with Gasteiger partial charge in [-0.25, -0.2) is 0 Å². The summed E-state index contributed by atoms with van der Waals surface area (Å²) in [6, 6.07) is 0.0115. The van der Waals surface area contributed by atoms with Gasteiger partial charge in [-0.05, 0) is 6.42 Å². The van der Waals surface area contributed by atoms with Crippen molar-refractivity contribution in [3.63, 3.8) is 0 Å². The van der Waals surface area contributed by atoms with Crippen LogP contribution in [-0.4, -0.2) is 53.3 Å². The van der Waals surface area contributed by atoms with Gasteiger partial charge < -0.3 is 10.0 Å². The Morgan fingerprint density at radius 2 is 2.50 bits per heavy atom. The molecule has 2 saturated heterocycles. The minimum absolute atomic E-state index is 0.0115. The zero-order valence-electron chi connectivity index (χ0n) is 8.11. The lowest BCUT2D eigenvalue weighted by Crippen LogP contribution is -2.44. The largest absolute Gasteiger partial charge is 0.396 e. The lowest BCUT2D eigenvalue weighted by Gasteiger charge is -2.19. The molecule has 0 aliphatic carbocycles. The number of carbonyl (C=O) groups is 1. The van der Waals surface area contributed by atoms with Gasteiger partial charge in [-0.3, -0.25) is 10.1 Å². The highest BCUT2D eigenvalue weighted by atomic mass is 32.2. The van der Waals surface area contributed by atoms with Crippen LogP contribution in [0.4, 0.5) is 0 Å². The van der Waals surface area contributed by atoms with Crippen LogP contribution >= 0.6 is 11.8 Å². The van der Waals surface area contributed by atoms with Crippen LogP contribution < -0.4 is 5.32 Å². The van der Waals surface area contributed by atoms with E-state index >= 15 is 0 Å². The van der Waals surface area contributed by atoms with E-state index in [9.17, 15) is 4.79 Å². The summed E-state index contributed by atoms with van der Waals surface area (Å²) in [7, 11) is 0. The Morgan fingerprint density at radius 1 is 1.64 bits per heavy atom. The summed E-state index contributed by atoms with van der Waals surface area (Å²) in [5, 5.41) is 12.1. The third-order valence-corrected chi connectivity index (χ3v) is 3.81. The van der Waals surface area contributed by atoms with Crippen LogP contribution in [0.3, 0.4) is 0 Å². The maximum absolute atomic E-state index is 11.9. The summed E-state index contributed by atoms with van der Waals surface area (Å²) in [4.78, 5) is 13.8. The lowest BCUT2D eigenvalue weighted by molar-refractivity contribution is -0.131. The van der Waals surface area contributed by atoms with Crippen LogP contribution in [0.25, 0.3) is 0 Å². The number of likely N-dealkylation sites (tertiary alicyclic amines) is 1. The molecule has 1 amide bonds. The molecule has 5 heteroatoms. The molecule has 0 aromatic heterocycles. The molecule has 0 bridgehead atoms. The van der Waals surface area contributed by atoms with E-state index in [0.29, 0.717) is 5.92 Å². The predicted octanol–water partition coefficient (Wildman–Crippen LogP) is -0.510. The summed E-state index contributed by atoms with van der Waals surface area (Å²) < 4.78 is 0. The Hall–Kier alpha value is -0.260. The van der Waals surface area contributed by atoms with Gasteiger partial charge in [-0.15, -0.1) is 11.8 Å². The quantitative estimate of drug-likeness (QED) is 0.653. The van der Waals surface area contributed by atoms with Gasteiger partial charge in [0.25, 0.3) is 0 Å². The number of aliphatic hydroxyl groups is 1. The fourth-order valence-electron chi connectivity index (χ4n) is 1.96. The number of amides is 1. The summed E-state index contributed by atoms with van der Waals surface area (Å²) in [5.74, 6) is 2.28. The molecule has 2 fully saturated rings.